The summed E-state index contributed by atoms with van der Waals surface area (Å²) in [4.78, 5) is 25.7. The number of carbonyl (C=O) groups is 2. The Balaban J connectivity index is 1.99. The second kappa shape index (κ2) is 5.44. The number of benzene rings is 1. The largest absolute Gasteiger partial charge is 0.352 e. The fourth-order valence-corrected chi connectivity index (χ4v) is 2.29. The van der Waals surface area contributed by atoms with Gasteiger partial charge in [0, 0.05) is 36.5 Å². The topological polar surface area (TPSA) is 49.4 Å². The van der Waals surface area contributed by atoms with Crippen LogP contribution in [0.1, 0.15) is 23.7 Å². The molecule has 1 aliphatic rings. The van der Waals surface area contributed by atoms with E-state index in [1.54, 1.807) is 29.2 Å². The zero-order valence-electron chi connectivity index (χ0n) is 10.2. The molecule has 4 nitrogen and oxygen atoms in total. The number of amides is 2. The van der Waals surface area contributed by atoms with Gasteiger partial charge in [0.15, 0.2) is 0 Å². The predicted molar refractivity (Wildman–Crippen MR) is 71.8 cm³/mol. The highest BCUT2D eigenvalue weighted by Gasteiger charge is 2.27. The van der Waals surface area contributed by atoms with E-state index in [9.17, 15) is 9.59 Å². The van der Waals surface area contributed by atoms with Crippen LogP contribution in [-0.4, -0.2) is 35.8 Å². The van der Waals surface area contributed by atoms with Crippen molar-refractivity contribution in [2.45, 2.75) is 24.3 Å². The van der Waals surface area contributed by atoms with E-state index in [4.69, 9.17) is 0 Å². The molecule has 1 saturated heterocycles. The van der Waals surface area contributed by atoms with Gasteiger partial charge in [0.2, 0.25) is 5.91 Å². The van der Waals surface area contributed by atoms with Crippen molar-refractivity contribution in [2.75, 3.05) is 13.1 Å². The molecule has 18 heavy (non-hydrogen) atoms. The number of rotatable bonds is 2. The lowest BCUT2D eigenvalue weighted by molar-refractivity contribution is -0.119. The third-order valence-corrected chi connectivity index (χ3v) is 3.30. The standard InChI is InChI=1S/C13H16N2O2S/c1-9(16)14-11-6-7-15(8-11)13(17)10-2-4-12(18)5-3-10/h2-5,11,18H,6-8H2,1H3,(H,14,16). The van der Waals surface area contributed by atoms with E-state index in [0.29, 0.717) is 18.7 Å². The Labute approximate surface area is 112 Å². The van der Waals surface area contributed by atoms with Crippen molar-refractivity contribution in [3.8, 4) is 0 Å². The van der Waals surface area contributed by atoms with E-state index in [2.05, 4.69) is 17.9 Å². The molecular weight excluding hydrogens is 248 g/mol. The van der Waals surface area contributed by atoms with Gasteiger partial charge >= 0.3 is 0 Å². The molecule has 0 saturated carbocycles. The zero-order chi connectivity index (χ0) is 13.1. The highest BCUT2D eigenvalue weighted by molar-refractivity contribution is 7.80. The molecule has 1 unspecified atom stereocenters. The molecule has 1 fully saturated rings. The van der Waals surface area contributed by atoms with E-state index in [-0.39, 0.29) is 17.9 Å². The van der Waals surface area contributed by atoms with Gasteiger partial charge in [0.25, 0.3) is 5.91 Å². The van der Waals surface area contributed by atoms with Crippen LogP contribution in [0.5, 0.6) is 0 Å². The first-order valence-corrected chi connectivity index (χ1v) is 6.36. The van der Waals surface area contributed by atoms with Gasteiger partial charge in [-0.1, -0.05) is 0 Å². The number of nitrogens with one attached hydrogen (secondary N) is 1. The molecule has 1 aromatic rings. The molecule has 1 atom stereocenters. The number of nitrogens with zero attached hydrogens (tertiary/aromatic N) is 1. The normalized spacial score (nSPS) is 18.8. The number of carbonyl (C=O) groups excluding carboxylic acids is 2. The third-order valence-electron chi connectivity index (χ3n) is 3.00. The van der Waals surface area contributed by atoms with Gasteiger partial charge in [0.1, 0.15) is 0 Å². The number of hydrogen-bond acceptors (Lipinski definition) is 3. The number of thiol groups is 1. The highest BCUT2D eigenvalue weighted by atomic mass is 32.1. The second-order valence-electron chi connectivity index (χ2n) is 4.48. The van der Waals surface area contributed by atoms with Crippen molar-refractivity contribution in [2.24, 2.45) is 0 Å². The molecule has 0 aliphatic carbocycles. The van der Waals surface area contributed by atoms with Crippen LogP contribution in [-0.2, 0) is 4.79 Å². The molecule has 2 amide bonds. The average Bonchev–Trinajstić information content (AvgIpc) is 2.76. The summed E-state index contributed by atoms with van der Waals surface area (Å²) < 4.78 is 0. The third kappa shape index (κ3) is 3.04. The van der Waals surface area contributed by atoms with Gasteiger partial charge < -0.3 is 10.2 Å². The lowest BCUT2D eigenvalue weighted by Crippen LogP contribution is -2.37. The molecule has 96 valence electrons. The Morgan fingerprint density at radius 3 is 2.61 bits per heavy atom. The van der Waals surface area contributed by atoms with Gasteiger partial charge in [0.05, 0.1) is 0 Å². The van der Waals surface area contributed by atoms with E-state index < -0.39 is 0 Å². The van der Waals surface area contributed by atoms with Crippen molar-refractivity contribution in [1.82, 2.24) is 10.2 Å². The summed E-state index contributed by atoms with van der Waals surface area (Å²) >= 11 is 4.19. The lowest BCUT2D eigenvalue weighted by Gasteiger charge is -2.16. The fraction of sp³-hybridized carbons (Fsp3) is 0.385. The van der Waals surface area contributed by atoms with Crippen LogP contribution in [0.25, 0.3) is 0 Å². The van der Waals surface area contributed by atoms with Crippen LogP contribution in [0.15, 0.2) is 29.2 Å². The molecule has 1 heterocycles. The number of likely N-dealkylation sites (tertiary alicyclic amines) is 1. The minimum Gasteiger partial charge on any atom is -0.352 e. The summed E-state index contributed by atoms with van der Waals surface area (Å²) in [5, 5.41) is 2.84. The lowest BCUT2D eigenvalue weighted by atomic mass is 10.2. The van der Waals surface area contributed by atoms with Crippen molar-refractivity contribution < 1.29 is 9.59 Å². The Morgan fingerprint density at radius 1 is 1.33 bits per heavy atom. The van der Waals surface area contributed by atoms with Crippen molar-refractivity contribution in [1.29, 1.82) is 0 Å². The number of hydrogen-bond donors (Lipinski definition) is 2. The van der Waals surface area contributed by atoms with E-state index in [1.165, 1.54) is 6.92 Å². The van der Waals surface area contributed by atoms with Crippen LogP contribution in [0.3, 0.4) is 0 Å². The maximum absolute atomic E-state index is 12.2. The Hall–Kier alpha value is -1.49. The molecule has 0 aromatic heterocycles. The Morgan fingerprint density at radius 2 is 2.00 bits per heavy atom. The maximum atomic E-state index is 12.2. The molecule has 0 spiro atoms. The maximum Gasteiger partial charge on any atom is 0.253 e. The SMILES string of the molecule is CC(=O)NC1CCN(C(=O)c2ccc(S)cc2)C1. The fourth-order valence-electron chi connectivity index (χ4n) is 2.14. The summed E-state index contributed by atoms with van der Waals surface area (Å²) in [6, 6.07) is 7.23. The molecule has 2 rings (SSSR count). The summed E-state index contributed by atoms with van der Waals surface area (Å²) in [6.07, 6.45) is 0.815. The first kappa shape index (κ1) is 13.0. The quantitative estimate of drug-likeness (QED) is 0.792. The van der Waals surface area contributed by atoms with Gasteiger partial charge in [-0.3, -0.25) is 9.59 Å². The van der Waals surface area contributed by atoms with Crippen LogP contribution in [0.2, 0.25) is 0 Å². The van der Waals surface area contributed by atoms with E-state index in [1.807, 2.05) is 0 Å². The molecule has 0 bridgehead atoms. The summed E-state index contributed by atoms with van der Waals surface area (Å²) in [7, 11) is 0. The molecular formula is C13H16N2O2S. The predicted octanol–water partition coefficient (Wildman–Crippen LogP) is 1.33. The van der Waals surface area contributed by atoms with Crippen LogP contribution < -0.4 is 5.32 Å². The molecule has 1 aromatic carbocycles. The molecule has 1 N–H and O–H groups in total. The molecule has 0 radical (unpaired) electrons. The Kier molecular flexibility index (Phi) is 3.91. The van der Waals surface area contributed by atoms with Crippen LogP contribution in [0.4, 0.5) is 0 Å². The zero-order valence-corrected chi connectivity index (χ0v) is 11.1. The Bertz CT molecular complexity index is 459. The molecule has 5 heteroatoms. The highest BCUT2D eigenvalue weighted by Crippen LogP contribution is 2.15. The van der Waals surface area contributed by atoms with E-state index >= 15 is 0 Å². The van der Waals surface area contributed by atoms with Crippen LogP contribution in [0, 0.1) is 0 Å². The van der Waals surface area contributed by atoms with Gasteiger partial charge in [-0.05, 0) is 30.7 Å². The van der Waals surface area contributed by atoms with Gasteiger partial charge in [-0.25, -0.2) is 0 Å². The summed E-state index contributed by atoms with van der Waals surface area (Å²) in [6.45, 7) is 2.77. The van der Waals surface area contributed by atoms with Crippen LogP contribution >= 0.6 is 12.6 Å². The monoisotopic (exact) mass is 264 g/mol. The minimum atomic E-state index is -0.0475. The van der Waals surface area contributed by atoms with Crippen molar-refractivity contribution in [3.05, 3.63) is 29.8 Å². The first-order valence-electron chi connectivity index (χ1n) is 5.91. The van der Waals surface area contributed by atoms with E-state index in [0.717, 1.165) is 11.3 Å². The molecule has 1 aliphatic heterocycles. The average molecular weight is 264 g/mol. The first-order chi connectivity index (χ1) is 8.56. The smallest absolute Gasteiger partial charge is 0.253 e. The summed E-state index contributed by atoms with van der Waals surface area (Å²) in [5.41, 5.74) is 0.663. The van der Waals surface area contributed by atoms with Gasteiger partial charge in [-0.15, -0.1) is 12.6 Å². The van der Waals surface area contributed by atoms with Crippen molar-refractivity contribution in [3.63, 3.8) is 0 Å². The van der Waals surface area contributed by atoms with Gasteiger partial charge in [-0.2, -0.15) is 0 Å². The second-order valence-corrected chi connectivity index (χ2v) is 5.00. The van der Waals surface area contributed by atoms with Crippen molar-refractivity contribution >= 4 is 24.4 Å². The minimum absolute atomic E-state index is 0.0104. The summed E-state index contributed by atoms with van der Waals surface area (Å²) in [5.74, 6) is -0.0371.